The first-order valence-corrected chi connectivity index (χ1v) is 10.1. The first kappa shape index (κ1) is 19.0. The van der Waals surface area contributed by atoms with Gasteiger partial charge in [0.2, 0.25) is 0 Å². The number of carbonyl (C=O) groups excluding carboxylic acids is 1. The van der Waals surface area contributed by atoms with Crippen molar-refractivity contribution in [3.63, 3.8) is 0 Å². The zero-order valence-electron chi connectivity index (χ0n) is 16.1. The van der Waals surface area contributed by atoms with Gasteiger partial charge in [0.1, 0.15) is 0 Å². The molecule has 2 aromatic rings. The molecule has 4 rings (SSSR count). The number of carbonyl (C=O) groups is 1. The Morgan fingerprint density at radius 1 is 1.07 bits per heavy atom. The molecule has 1 N–H and O–H groups in total. The third-order valence-electron chi connectivity index (χ3n) is 5.25. The van der Waals surface area contributed by atoms with Crippen LogP contribution in [0.3, 0.4) is 0 Å². The number of rotatable bonds is 7. The molecule has 1 aromatic carbocycles. The molecular formula is C21H28N4O3. The largest absolute Gasteiger partial charge is 0.376 e. The van der Waals surface area contributed by atoms with E-state index in [0.717, 1.165) is 38.9 Å². The maximum Gasteiger partial charge on any atom is 0.323 e. The lowest BCUT2D eigenvalue weighted by molar-refractivity contribution is 0.0524. The maximum absolute atomic E-state index is 12.9. The molecule has 0 bridgehead atoms. The number of ether oxygens (including phenoxy) is 2. The second kappa shape index (κ2) is 9.21. The summed E-state index contributed by atoms with van der Waals surface area (Å²) in [7, 11) is 0. The third-order valence-corrected chi connectivity index (χ3v) is 5.25. The topological polar surface area (TPSA) is 68.6 Å². The first-order valence-electron chi connectivity index (χ1n) is 10.1. The van der Waals surface area contributed by atoms with Crippen LogP contribution in [0.25, 0.3) is 0 Å². The van der Waals surface area contributed by atoms with Gasteiger partial charge in [-0.05, 0) is 31.2 Å². The summed E-state index contributed by atoms with van der Waals surface area (Å²) in [5.74, 6) is 0.561. The number of nitrogens with zero attached hydrogens (tertiary/aromatic N) is 3. The molecule has 0 aliphatic carbocycles. The predicted octanol–water partition coefficient (Wildman–Crippen LogP) is 3.12. The highest BCUT2D eigenvalue weighted by Crippen LogP contribution is 2.18. The molecule has 0 radical (unpaired) electrons. The van der Waals surface area contributed by atoms with Gasteiger partial charge in [0.25, 0.3) is 0 Å². The fourth-order valence-corrected chi connectivity index (χ4v) is 3.78. The summed E-state index contributed by atoms with van der Waals surface area (Å²) >= 11 is 0. The van der Waals surface area contributed by atoms with Gasteiger partial charge in [0.15, 0.2) is 5.82 Å². The average molecular weight is 384 g/mol. The molecule has 7 nitrogen and oxygen atoms in total. The summed E-state index contributed by atoms with van der Waals surface area (Å²) in [5.41, 5.74) is 1.17. The summed E-state index contributed by atoms with van der Waals surface area (Å²) < 4.78 is 13.3. The third kappa shape index (κ3) is 5.11. The van der Waals surface area contributed by atoms with E-state index in [1.54, 1.807) is 0 Å². The second-order valence-electron chi connectivity index (χ2n) is 7.49. The normalized spacial score (nSPS) is 21.7. The monoisotopic (exact) mass is 384 g/mol. The Morgan fingerprint density at radius 2 is 1.75 bits per heavy atom. The van der Waals surface area contributed by atoms with Crippen LogP contribution >= 0.6 is 0 Å². The average Bonchev–Trinajstić information content (AvgIpc) is 3.46. The minimum atomic E-state index is -0.143. The number of anilines is 1. The van der Waals surface area contributed by atoms with E-state index in [9.17, 15) is 4.79 Å². The summed E-state index contributed by atoms with van der Waals surface area (Å²) in [5, 5.41) is 7.43. The summed E-state index contributed by atoms with van der Waals surface area (Å²) in [4.78, 5) is 14.7. The highest BCUT2D eigenvalue weighted by Gasteiger charge is 2.27. The minimum Gasteiger partial charge on any atom is -0.376 e. The van der Waals surface area contributed by atoms with Crippen molar-refractivity contribution >= 4 is 11.8 Å². The van der Waals surface area contributed by atoms with Gasteiger partial charge in [0.05, 0.1) is 18.8 Å². The van der Waals surface area contributed by atoms with Gasteiger partial charge < -0.3 is 14.4 Å². The fourth-order valence-electron chi connectivity index (χ4n) is 3.78. The van der Waals surface area contributed by atoms with Crippen LogP contribution in [0.2, 0.25) is 0 Å². The summed E-state index contributed by atoms with van der Waals surface area (Å²) in [6, 6.07) is 11.8. The molecule has 28 heavy (non-hydrogen) atoms. The SMILES string of the molecule is O=C(Nc1ccn(Cc2ccccc2)n1)N(C[C@H]1CCCO1)C[C@H]1CCCO1. The smallest absolute Gasteiger partial charge is 0.323 e. The van der Waals surface area contributed by atoms with Crippen molar-refractivity contribution in [2.75, 3.05) is 31.6 Å². The Morgan fingerprint density at radius 3 is 2.36 bits per heavy atom. The molecule has 150 valence electrons. The number of nitrogens with one attached hydrogen (secondary N) is 1. The summed E-state index contributed by atoms with van der Waals surface area (Å²) in [6.07, 6.45) is 6.23. The van der Waals surface area contributed by atoms with Gasteiger partial charge in [-0.1, -0.05) is 30.3 Å². The van der Waals surface area contributed by atoms with E-state index in [2.05, 4.69) is 22.5 Å². The quantitative estimate of drug-likeness (QED) is 0.796. The van der Waals surface area contributed by atoms with E-state index >= 15 is 0 Å². The lowest BCUT2D eigenvalue weighted by Gasteiger charge is -2.27. The lowest BCUT2D eigenvalue weighted by Crippen LogP contribution is -2.44. The van der Waals surface area contributed by atoms with Gasteiger partial charge in [-0.3, -0.25) is 10.00 Å². The van der Waals surface area contributed by atoms with E-state index in [0.29, 0.717) is 25.5 Å². The van der Waals surface area contributed by atoms with Gasteiger partial charge in [0, 0.05) is 38.6 Å². The molecule has 0 unspecified atom stereocenters. The second-order valence-corrected chi connectivity index (χ2v) is 7.49. The van der Waals surface area contributed by atoms with Crippen molar-refractivity contribution in [2.45, 2.75) is 44.4 Å². The van der Waals surface area contributed by atoms with Crippen molar-refractivity contribution in [2.24, 2.45) is 0 Å². The van der Waals surface area contributed by atoms with E-state index in [1.165, 1.54) is 5.56 Å². The van der Waals surface area contributed by atoms with Crippen LogP contribution < -0.4 is 5.32 Å². The summed E-state index contributed by atoms with van der Waals surface area (Å²) in [6.45, 7) is 3.42. The molecule has 2 fully saturated rings. The van der Waals surface area contributed by atoms with Crippen molar-refractivity contribution in [1.29, 1.82) is 0 Å². The van der Waals surface area contributed by atoms with Gasteiger partial charge in [-0.15, -0.1) is 0 Å². The number of amides is 2. The van der Waals surface area contributed by atoms with E-state index in [4.69, 9.17) is 9.47 Å². The molecule has 2 atom stereocenters. The van der Waals surface area contributed by atoms with E-state index in [-0.39, 0.29) is 18.2 Å². The van der Waals surface area contributed by atoms with Crippen LogP contribution in [0, 0.1) is 0 Å². The van der Waals surface area contributed by atoms with Crippen LogP contribution in [0.4, 0.5) is 10.6 Å². The molecule has 1 aromatic heterocycles. The molecule has 2 aliphatic heterocycles. The Kier molecular flexibility index (Phi) is 6.24. The Hall–Kier alpha value is -2.38. The molecule has 7 heteroatoms. The van der Waals surface area contributed by atoms with Crippen molar-refractivity contribution in [3.8, 4) is 0 Å². The molecule has 2 saturated heterocycles. The molecule has 0 saturated carbocycles. The zero-order valence-corrected chi connectivity index (χ0v) is 16.1. The van der Waals surface area contributed by atoms with Crippen molar-refractivity contribution in [1.82, 2.24) is 14.7 Å². The first-order chi connectivity index (χ1) is 13.8. The molecule has 0 spiro atoms. The predicted molar refractivity (Wildman–Crippen MR) is 106 cm³/mol. The highest BCUT2D eigenvalue weighted by molar-refractivity contribution is 5.88. The minimum absolute atomic E-state index is 0.114. The standard InChI is InChI=1S/C21H28N4O3/c26-21(22-20-10-11-25(23-20)14-17-6-2-1-3-7-17)24(15-18-8-4-12-27-18)16-19-9-5-13-28-19/h1-3,6-7,10-11,18-19H,4-5,8-9,12-16H2,(H,22,23,26)/t18-,19-/m1/s1. The van der Waals surface area contributed by atoms with Crippen LogP contribution in [0.5, 0.6) is 0 Å². The van der Waals surface area contributed by atoms with Crippen LogP contribution in [0.1, 0.15) is 31.2 Å². The van der Waals surface area contributed by atoms with Crippen LogP contribution in [-0.4, -0.2) is 59.2 Å². The number of hydrogen-bond donors (Lipinski definition) is 1. The zero-order chi connectivity index (χ0) is 19.2. The maximum atomic E-state index is 12.9. The number of benzene rings is 1. The van der Waals surface area contributed by atoms with Crippen molar-refractivity contribution in [3.05, 3.63) is 48.2 Å². The van der Waals surface area contributed by atoms with Crippen LogP contribution in [-0.2, 0) is 16.0 Å². The molecule has 3 heterocycles. The number of urea groups is 1. The van der Waals surface area contributed by atoms with Crippen LogP contribution in [0.15, 0.2) is 42.6 Å². The molecule has 2 amide bonds. The van der Waals surface area contributed by atoms with Gasteiger partial charge in [-0.25, -0.2) is 4.79 Å². The highest BCUT2D eigenvalue weighted by atomic mass is 16.5. The lowest BCUT2D eigenvalue weighted by atomic mass is 10.2. The van der Waals surface area contributed by atoms with Crippen molar-refractivity contribution < 1.29 is 14.3 Å². The van der Waals surface area contributed by atoms with Gasteiger partial charge >= 0.3 is 6.03 Å². The Labute approximate surface area is 165 Å². The van der Waals surface area contributed by atoms with E-state index in [1.807, 2.05) is 40.0 Å². The number of aromatic nitrogens is 2. The van der Waals surface area contributed by atoms with E-state index < -0.39 is 0 Å². The Bertz CT molecular complexity index is 734. The Balaban J connectivity index is 1.37. The number of hydrogen-bond acceptors (Lipinski definition) is 4. The fraction of sp³-hybridized carbons (Fsp3) is 0.524. The molecule has 2 aliphatic rings. The van der Waals surface area contributed by atoms with Gasteiger partial charge in [-0.2, -0.15) is 5.10 Å². The molecular weight excluding hydrogens is 356 g/mol.